The molecule has 4 heterocycles. The van der Waals surface area contributed by atoms with Gasteiger partial charge in [0.25, 0.3) is 5.56 Å². The summed E-state index contributed by atoms with van der Waals surface area (Å²) in [5.41, 5.74) is 2.41. The molecule has 1 N–H and O–H groups in total. The highest BCUT2D eigenvalue weighted by molar-refractivity contribution is 5.82. The first-order valence-corrected chi connectivity index (χ1v) is 13.5. The van der Waals surface area contributed by atoms with Gasteiger partial charge in [-0.2, -0.15) is 0 Å². The molecule has 2 fully saturated rings. The second-order valence-electron chi connectivity index (χ2n) is 10.4. The van der Waals surface area contributed by atoms with E-state index >= 15 is 0 Å². The summed E-state index contributed by atoms with van der Waals surface area (Å²) in [5, 5.41) is 14.2. The number of nitrogens with one attached hydrogen (secondary N) is 1. The summed E-state index contributed by atoms with van der Waals surface area (Å²) in [6.45, 7) is 3.94. The SMILES string of the molecule is Cc1cccc2cc([C@@H](c3nnnn3C3CCCCC3)N(Cc3ccco3)C[C@H]3CCCO3)c(=O)[nH]c12. The molecule has 1 aliphatic heterocycles. The number of fused-ring (bicyclic) bond motifs is 1. The molecule has 2 aliphatic rings. The zero-order chi connectivity index (χ0) is 25.2. The molecule has 1 aliphatic carbocycles. The maximum absolute atomic E-state index is 13.7. The fourth-order valence-electron chi connectivity index (χ4n) is 5.98. The molecule has 1 saturated heterocycles. The van der Waals surface area contributed by atoms with Gasteiger partial charge in [-0.15, -0.1) is 5.10 Å². The van der Waals surface area contributed by atoms with Gasteiger partial charge in [0.2, 0.25) is 0 Å². The third kappa shape index (κ3) is 4.98. The molecular formula is C28H34N6O3. The lowest BCUT2D eigenvalue weighted by Crippen LogP contribution is -2.39. The molecule has 1 aromatic carbocycles. The van der Waals surface area contributed by atoms with Crippen molar-refractivity contribution in [3.8, 4) is 0 Å². The van der Waals surface area contributed by atoms with E-state index in [1.807, 2.05) is 48.0 Å². The average Bonchev–Trinajstić information content (AvgIpc) is 3.70. The number of ether oxygens (including phenoxy) is 1. The number of H-pyrrole nitrogens is 1. The van der Waals surface area contributed by atoms with Gasteiger partial charge in [0.15, 0.2) is 5.82 Å². The van der Waals surface area contributed by atoms with Crippen LogP contribution in [0.2, 0.25) is 0 Å². The monoisotopic (exact) mass is 502 g/mol. The van der Waals surface area contributed by atoms with Gasteiger partial charge < -0.3 is 14.1 Å². The number of para-hydroxylation sites is 1. The van der Waals surface area contributed by atoms with E-state index in [1.165, 1.54) is 6.42 Å². The molecule has 0 spiro atoms. The fraction of sp³-hybridized carbons (Fsp3) is 0.500. The Balaban J connectivity index is 1.50. The molecule has 9 heteroatoms. The number of furan rings is 1. The molecule has 9 nitrogen and oxygen atoms in total. The quantitative estimate of drug-likeness (QED) is 0.373. The molecule has 0 bridgehead atoms. The number of rotatable bonds is 8. The van der Waals surface area contributed by atoms with Crippen molar-refractivity contribution in [1.82, 2.24) is 30.1 Å². The van der Waals surface area contributed by atoms with Crippen molar-refractivity contribution in [2.45, 2.75) is 76.6 Å². The topological polar surface area (TPSA) is 102 Å². The minimum atomic E-state index is -0.458. The van der Waals surface area contributed by atoms with Gasteiger partial charge in [-0.25, -0.2) is 4.68 Å². The molecule has 0 radical (unpaired) electrons. The lowest BCUT2D eigenvalue weighted by atomic mass is 9.95. The standard InChI is InChI=1S/C28H34N6O3/c1-19-8-5-9-20-16-24(28(35)29-25(19)20)26(27-30-31-32-34(27)21-10-3-2-4-11-21)33(17-22-12-6-14-36-22)18-23-13-7-15-37-23/h5-6,8-9,12,14,16,21,23,26H,2-4,7,10-11,13,15,17-18H2,1H3,(H,29,35)/t23-,26+/m1/s1. The zero-order valence-electron chi connectivity index (χ0n) is 21.3. The Morgan fingerprint density at radius 1 is 1.14 bits per heavy atom. The van der Waals surface area contributed by atoms with Gasteiger partial charge in [0.1, 0.15) is 11.8 Å². The maximum Gasteiger partial charge on any atom is 0.253 e. The van der Waals surface area contributed by atoms with E-state index < -0.39 is 6.04 Å². The largest absolute Gasteiger partial charge is 0.468 e. The molecule has 3 aromatic heterocycles. The van der Waals surface area contributed by atoms with Crippen molar-refractivity contribution in [1.29, 1.82) is 0 Å². The molecule has 0 unspecified atom stereocenters. The number of tetrazole rings is 1. The third-order valence-corrected chi connectivity index (χ3v) is 7.86. The predicted octanol–water partition coefficient (Wildman–Crippen LogP) is 4.69. The third-order valence-electron chi connectivity index (χ3n) is 7.86. The number of hydrogen-bond acceptors (Lipinski definition) is 7. The van der Waals surface area contributed by atoms with Gasteiger partial charge in [-0.3, -0.25) is 9.69 Å². The molecule has 4 aromatic rings. The molecule has 2 atom stereocenters. The van der Waals surface area contributed by atoms with Crippen molar-refractivity contribution < 1.29 is 9.15 Å². The van der Waals surface area contributed by atoms with Crippen molar-refractivity contribution in [2.24, 2.45) is 0 Å². The van der Waals surface area contributed by atoms with E-state index in [-0.39, 0.29) is 17.7 Å². The first-order chi connectivity index (χ1) is 18.2. The van der Waals surface area contributed by atoms with Crippen molar-refractivity contribution in [2.75, 3.05) is 13.2 Å². The summed E-state index contributed by atoms with van der Waals surface area (Å²) in [5.74, 6) is 1.53. The van der Waals surface area contributed by atoms with E-state index in [0.717, 1.165) is 67.4 Å². The smallest absolute Gasteiger partial charge is 0.253 e. The zero-order valence-corrected chi connectivity index (χ0v) is 21.3. The highest BCUT2D eigenvalue weighted by Crippen LogP contribution is 2.34. The lowest BCUT2D eigenvalue weighted by molar-refractivity contribution is 0.0539. The summed E-state index contributed by atoms with van der Waals surface area (Å²) in [6, 6.07) is 11.7. The minimum Gasteiger partial charge on any atom is -0.468 e. The molecule has 1 saturated carbocycles. The average molecular weight is 503 g/mol. The second-order valence-corrected chi connectivity index (χ2v) is 10.4. The fourth-order valence-corrected chi connectivity index (χ4v) is 5.98. The number of aromatic amines is 1. The Morgan fingerprint density at radius 2 is 2.03 bits per heavy atom. The van der Waals surface area contributed by atoms with Crippen LogP contribution in [-0.2, 0) is 11.3 Å². The van der Waals surface area contributed by atoms with Crippen molar-refractivity contribution >= 4 is 10.9 Å². The van der Waals surface area contributed by atoms with E-state index in [1.54, 1.807) is 6.26 Å². The van der Waals surface area contributed by atoms with Gasteiger partial charge in [0.05, 0.1) is 30.5 Å². The molecule has 0 amide bonds. The van der Waals surface area contributed by atoms with E-state index in [0.29, 0.717) is 24.5 Å². The molecular weight excluding hydrogens is 468 g/mol. The van der Waals surface area contributed by atoms with Crippen LogP contribution in [0.5, 0.6) is 0 Å². The Hall–Kier alpha value is -3.30. The lowest BCUT2D eigenvalue weighted by Gasteiger charge is -2.33. The summed E-state index contributed by atoms with van der Waals surface area (Å²) in [7, 11) is 0. The Kier molecular flexibility index (Phi) is 6.89. The first-order valence-electron chi connectivity index (χ1n) is 13.5. The number of aryl methyl sites for hydroxylation is 1. The van der Waals surface area contributed by atoms with E-state index in [9.17, 15) is 4.79 Å². The normalized spacial score (nSPS) is 19.7. The number of aromatic nitrogens is 5. The van der Waals surface area contributed by atoms with Crippen molar-refractivity contribution in [3.05, 3.63) is 75.7 Å². The summed E-state index contributed by atoms with van der Waals surface area (Å²) in [6.07, 6.45) is 9.45. The van der Waals surface area contributed by atoms with Crippen LogP contribution >= 0.6 is 0 Å². The van der Waals surface area contributed by atoms with Gasteiger partial charge in [-0.1, -0.05) is 37.5 Å². The Morgan fingerprint density at radius 3 is 2.81 bits per heavy atom. The van der Waals surface area contributed by atoms with Crippen molar-refractivity contribution in [3.63, 3.8) is 0 Å². The number of nitrogens with zero attached hydrogens (tertiary/aromatic N) is 5. The summed E-state index contributed by atoms with van der Waals surface area (Å²) >= 11 is 0. The van der Waals surface area contributed by atoms with Gasteiger partial charge in [0, 0.05) is 18.7 Å². The second kappa shape index (κ2) is 10.6. The van der Waals surface area contributed by atoms with Crippen LogP contribution in [0.4, 0.5) is 0 Å². The Labute approximate surface area is 215 Å². The summed E-state index contributed by atoms with van der Waals surface area (Å²) in [4.78, 5) is 19.2. The van der Waals surface area contributed by atoms with E-state index in [2.05, 4.69) is 25.4 Å². The number of hydrogen-bond donors (Lipinski definition) is 1. The minimum absolute atomic E-state index is 0.0817. The first kappa shape index (κ1) is 24.1. The maximum atomic E-state index is 13.7. The Bertz CT molecular complexity index is 1380. The highest BCUT2D eigenvalue weighted by Gasteiger charge is 2.35. The molecule has 194 valence electrons. The summed E-state index contributed by atoms with van der Waals surface area (Å²) < 4.78 is 13.8. The van der Waals surface area contributed by atoms with Gasteiger partial charge in [-0.05, 0) is 72.2 Å². The predicted molar refractivity (Wildman–Crippen MR) is 139 cm³/mol. The van der Waals surface area contributed by atoms with Crippen LogP contribution in [0, 0.1) is 6.92 Å². The van der Waals surface area contributed by atoms with Gasteiger partial charge >= 0.3 is 0 Å². The van der Waals surface area contributed by atoms with E-state index in [4.69, 9.17) is 9.15 Å². The highest BCUT2D eigenvalue weighted by atomic mass is 16.5. The van der Waals surface area contributed by atoms with Crippen LogP contribution in [0.3, 0.4) is 0 Å². The molecule has 6 rings (SSSR count). The van der Waals surface area contributed by atoms with Crippen LogP contribution in [-0.4, -0.2) is 49.3 Å². The van der Waals surface area contributed by atoms with Crippen LogP contribution in [0.15, 0.2) is 51.9 Å². The number of benzene rings is 1. The van der Waals surface area contributed by atoms with Crippen LogP contribution in [0.25, 0.3) is 10.9 Å². The number of pyridine rings is 1. The molecule has 37 heavy (non-hydrogen) atoms. The van der Waals surface area contributed by atoms with Crippen LogP contribution in [0.1, 0.15) is 79.7 Å². The van der Waals surface area contributed by atoms with Crippen LogP contribution < -0.4 is 5.56 Å².